The maximum Gasteiger partial charge on any atom is 0.307 e. The van der Waals surface area contributed by atoms with Gasteiger partial charge in [-0.15, -0.1) is 0 Å². The molecule has 7 nitrogen and oxygen atoms in total. The molecule has 11 atom stereocenters. The maximum absolute atomic E-state index is 13.3. The largest absolute Gasteiger partial charge is 0.481 e. The van der Waals surface area contributed by atoms with Crippen LogP contribution in [0.3, 0.4) is 0 Å². The SMILES string of the molecule is CC(=O)O[C@@H]1C[C@@]23COCC(C)([C@H]1OCCN)[C@@H]2CC[C@H]1C3=CC[C@@]2(C)[C@H](C(=O)O)[C@@](C)([C@H](C)C(C)C)CC[C@]12C. The summed E-state index contributed by atoms with van der Waals surface area (Å²) in [6.45, 7) is 19.4. The van der Waals surface area contributed by atoms with Crippen LogP contribution in [0.4, 0.5) is 0 Å². The molecule has 3 N–H and O–H groups in total. The van der Waals surface area contributed by atoms with Crippen molar-refractivity contribution in [3.8, 4) is 0 Å². The minimum absolute atomic E-state index is 0.145. The first-order chi connectivity index (χ1) is 19.1. The zero-order valence-electron chi connectivity index (χ0n) is 26.8. The third-order valence-corrected chi connectivity index (χ3v) is 13.8. The second kappa shape index (κ2) is 10.3. The number of hydrogen-bond acceptors (Lipinski definition) is 6. The zero-order chi connectivity index (χ0) is 30.2. The fourth-order valence-corrected chi connectivity index (χ4v) is 11.4. The van der Waals surface area contributed by atoms with E-state index in [4.69, 9.17) is 19.9 Å². The molecular weight excluding hydrogens is 518 g/mol. The molecule has 0 aromatic rings. The average molecular weight is 574 g/mol. The van der Waals surface area contributed by atoms with E-state index in [1.54, 1.807) is 0 Å². The van der Waals surface area contributed by atoms with Gasteiger partial charge in [-0.25, -0.2) is 0 Å². The van der Waals surface area contributed by atoms with Crippen molar-refractivity contribution < 1.29 is 28.9 Å². The first kappa shape index (κ1) is 31.0. The van der Waals surface area contributed by atoms with E-state index in [0.717, 1.165) is 32.1 Å². The Hall–Kier alpha value is -1.44. The number of hydrogen-bond donors (Lipinski definition) is 2. The number of carboxylic acids is 1. The second-order valence-corrected chi connectivity index (χ2v) is 15.8. The number of ether oxygens (including phenoxy) is 3. The molecule has 5 aliphatic rings. The molecule has 0 spiro atoms. The highest BCUT2D eigenvalue weighted by atomic mass is 16.6. The lowest BCUT2D eigenvalue weighted by atomic mass is 9.34. The highest BCUT2D eigenvalue weighted by Crippen LogP contribution is 2.75. The number of carbonyl (C=O) groups excluding carboxylic acids is 1. The molecule has 1 saturated heterocycles. The maximum atomic E-state index is 13.3. The van der Waals surface area contributed by atoms with Crippen LogP contribution in [0.5, 0.6) is 0 Å². The molecule has 2 bridgehead atoms. The van der Waals surface area contributed by atoms with Gasteiger partial charge in [0.25, 0.3) is 0 Å². The van der Waals surface area contributed by atoms with Crippen molar-refractivity contribution in [1.82, 2.24) is 0 Å². The van der Waals surface area contributed by atoms with Crippen LogP contribution in [0, 0.1) is 56.7 Å². The molecule has 1 heterocycles. The number of fused-ring (bicyclic) bond motifs is 3. The van der Waals surface area contributed by atoms with Crippen LogP contribution in [-0.4, -0.2) is 55.6 Å². The smallest absolute Gasteiger partial charge is 0.307 e. The lowest BCUT2D eigenvalue weighted by Gasteiger charge is -2.71. The van der Waals surface area contributed by atoms with Crippen molar-refractivity contribution in [3.05, 3.63) is 11.6 Å². The van der Waals surface area contributed by atoms with Gasteiger partial charge in [0.2, 0.25) is 0 Å². The fraction of sp³-hybridized carbons (Fsp3) is 0.882. The van der Waals surface area contributed by atoms with Gasteiger partial charge in [-0.05, 0) is 78.4 Å². The molecule has 1 unspecified atom stereocenters. The molecule has 0 amide bonds. The molecule has 5 rings (SSSR count). The van der Waals surface area contributed by atoms with E-state index < -0.39 is 11.9 Å². The topological polar surface area (TPSA) is 108 Å². The lowest BCUT2D eigenvalue weighted by molar-refractivity contribution is -0.266. The molecule has 7 heteroatoms. The molecule has 232 valence electrons. The standard InChI is InChI=1S/C34H55NO6/c1-20(2)21(3)30(5)13-14-32(7)23-9-10-26-31(6)18-39-19-34(26,17-25(41-22(4)36)28(31)40-16-15-35)24(23)11-12-33(32,8)27(30)29(37)38/h11,20-21,23,25-28H,9-10,12-19,35H2,1-8H3,(H,37,38)/t21-,23+,25-,26+,27-,28+,30-,31?,32-,33+,34+/m1/s1. The summed E-state index contributed by atoms with van der Waals surface area (Å²) in [6.07, 6.45) is 7.28. The van der Waals surface area contributed by atoms with Gasteiger partial charge in [-0.1, -0.05) is 60.1 Å². The van der Waals surface area contributed by atoms with E-state index in [9.17, 15) is 14.7 Å². The number of nitrogens with two attached hydrogens (primary N) is 1. The van der Waals surface area contributed by atoms with Gasteiger partial charge in [-0.3, -0.25) is 9.59 Å². The number of allylic oxidation sites excluding steroid dienone is 1. The van der Waals surface area contributed by atoms with Gasteiger partial charge in [0.15, 0.2) is 0 Å². The summed E-state index contributed by atoms with van der Waals surface area (Å²) < 4.78 is 18.9. The van der Waals surface area contributed by atoms with Crippen LogP contribution >= 0.6 is 0 Å². The van der Waals surface area contributed by atoms with E-state index in [0.29, 0.717) is 50.5 Å². The molecule has 0 aromatic heterocycles. The summed E-state index contributed by atoms with van der Waals surface area (Å²) in [5.74, 6) is 0.0200. The summed E-state index contributed by atoms with van der Waals surface area (Å²) in [5.41, 5.74) is 5.97. The summed E-state index contributed by atoms with van der Waals surface area (Å²) in [5, 5.41) is 10.9. The Kier molecular flexibility index (Phi) is 7.81. The van der Waals surface area contributed by atoms with Crippen molar-refractivity contribution in [2.45, 2.75) is 106 Å². The minimum atomic E-state index is -0.641. The number of carboxylic acid groups (broad SMARTS) is 1. The quantitative estimate of drug-likeness (QED) is 0.290. The number of rotatable bonds is 7. The highest BCUT2D eigenvalue weighted by Gasteiger charge is 2.72. The summed E-state index contributed by atoms with van der Waals surface area (Å²) in [6, 6.07) is 0. The molecular formula is C34H55NO6. The van der Waals surface area contributed by atoms with Gasteiger partial charge in [0.1, 0.15) is 12.2 Å². The third kappa shape index (κ3) is 4.22. The number of carbonyl (C=O) groups is 2. The second-order valence-electron chi connectivity index (χ2n) is 15.8. The summed E-state index contributed by atoms with van der Waals surface area (Å²) >= 11 is 0. The van der Waals surface area contributed by atoms with Crippen LogP contribution in [0.2, 0.25) is 0 Å². The Morgan fingerprint density at radius 1 is 1.10 bits per heavy atom. The van der Waals surface area contributed by atoms with Crippen molar-refractivity contribution >= 4 is 11.9 Å². The lowest BCUT2D eigenvalue weighted by Crippen LogP contribution is -2.70. The van der Waals surface area contributed by atoms with Crippen LogP contribution in [0.25, 0.3) is 0 Å². The van der Waals surface area contributed by atoms with Crippen LogP contribution in [-0.2, 0) is 23.8 Å². The van der Waals surface area contributed by atoms with Crippen molar-refractivity contribution in [2.24, 2.45) is 62.4 Å². The number of aliphatic carboxylic acids is 1. The molecule has 4 fully saturated rings. The molecule has 0 radical (unpaired) electrons. The molecule has 0 aromatic carbocycles. The Bertz CT molecular complexity index is 1090. The van der Waals surface area contributed by atoms with E-state index >= 15 is 0 Å². The van der Waals surface area contributed by atoms with Crippen LogP contribution in [0.1, 0.15) is 93.9 Å². The van der Waals surface area contributed by atoms with Gasteiger partial charge in [0.05, 0.1) is 25.7 Å². The molecule has 4 aliphatic carbocycles. The van der Waals surface area contributed by atoms with Crippen molar-refractivity contribution in [1.29, 1.82) is 0 Å². The predicted octanol–water partition coefficient (Wildman–Crippen LogP) is 5.85. The van der Waals surface area contributed by atoms with E-state index in [1.165, 1.54) is 12.5 Å². The number of esters is 1. The van der Waals surface area contributed by atoms with E-state index in [1.807, 2.05) is 0 Å². The monoisotopic (exact) mass is 573 g/mol. The first-order valence-electron chi connectivity index (χ1n) is 16.1. The first-order valence-corrected chi connectivity index (χ1v) is 16.1. The van der Waals surface area contributed by atoms with Gasteiger partial charge in [0, 0.05) is 24.3 Å². The summed E-state index contributed by atoms with van der Waals surface area (Å²) in [7, 11) is 0. The van der Waals surface area contributed by atoms with E-state index in [2.05, 4.69) is 54.5 Å². The normalized spacial score (nSPS) is 47.9. The minimum Gasteiger partial charge on any atom is -0.481 e. The average Bonchev–Trinajstić information content (AvgIpc) is 2.88. The third-order valence-electron chi connectivity index (χ3n) is 13.8. The van der Waals surface area contributed by atoms with Crippen LogP contribution < -0.4 is 5.73 Å². The Morgan fingerprint density at radius 3 is 2.41 bits per heavy atom. The zero-order valence-corrected chi connectivity index (χ0v) is 26.8. The molecule has 1 aliphatic heterocycles. The van der Waals surface area contributed by atoms with Crippen molar-refractivity contribution in [2.75, 3.05) is 26.4 Å². The van der Waals surface area contributed by atoms with Crippen LogP contribution in [0.15, 0.2) is 11.6 Å². The van der Waals surface area contributed by atoms with Crippen molar-refractivity contribution in [3.63, 3.8) is 0 Å². The Balaban J connectivity index is 1.60. The van der Waals surface area contributed by atoms with Gasteiger partial charge >= 0.3 is 11.9 Å². The Labute approximate surface area is 247 Å². The van der Waals surface area contributed by atoms with Gasteiger partial charge < -0.3 is 25.1 Å². The summed E-state index contributed by atoms with van der Waals surface area (Å²) in [4.78, 5) is 25.6. The molecule has 41 heavy (non-hydrogen) atoms. The van der Waals surface area contributed by atoms with Gasteiger partial charge in [-0.2, -0.15) is 0 Å². The predicted molar refractivity (Wildman–Crippen MR) is 158 cm³/mol. The molecule has 3 saturated carbocycles. The fourth-order valence-electron chi connectivity index (χ4n) is 11.4. The van der Waals surface area contributed by atoms with E-state index in [-0.39, 0.29) is 51.2 Å². The Morgan fingerprint density at radius 2 is 1.80 bits per heavy atom. The highest BCUT2D eigenvalue weighted by molar-refractivity contribution is 5.73.